The number of fused-ring (bicyclic) bond motifs is 2. The van der Waals surface area contributed by atoms with E-state index in [1.165, 1.54) is 12.4 Å². The molecule has 3 aliphatic heterocycles. The number of para-hydroxylation sites is 1. The molecule has 5 aromatic rings. The summed E-state index contributed by atoms with van der Waals surface area (Å²) in [5, 5.41) is 10.8. The lowest BCUT2D eigenvalue weighted by Gasteiger charge is -2.33. The van der Waals surface area contributed by atoms with E-state index in [0.29, 0.717) is 71.9 Å². The highest BCUT2D eigenvalue weighted by Gasteiger charge is 2.45. The number of piperidine rings is 2. The van der Waals surface area contributed by atoms with Gasteiger partial charge >= 0.3 is 0 Å². The van der Waals surface area contributed by atoms with Crippen LogP contribution in [0.5, 0.6) is 11.5 Å². The van der Waals surface area contributed by atoms with Crippen LogP contribution in [-0.2, 0) is 19.2 Å². The second kappa shape index (κ2) is 16.9. The van der Waals surface area contributed by atoms with Crippen LogP contribution < -0.4 is 21.1 Å². The standard InChI is InChI=1S/C44H43N9O7/c1-26(9-5-6-11-29(54)23-46-33-15-7-14-32-36(33)44(59)52(43(32)58)34-20-21-35(55)49-41(34)56)42(57)51-22-8-10-28(24-51)53-40-37(39(45)47-25-48-40)38(50-53)27-16-18-31(19-17-27)60-30-12-3-2-4-13-30/h2-4,7,12-19,25,28,34,46H,1,5-6,8-11,20-24H2,(H2,45,47,48)(H,49,55,56)/t28-,34?/m1/s1. The quantitative estimate of drug-likeness (QED) is 0.0748. The molecule has 60 heavy (non-hydrogen) atoms. The van der Waals surface area contributed by atoms with Crippen LogP contribution in [0.2, 0.25) is 0 Å². The van der Waals surface area contributed by atoms with Crippen LogP contribution in [0.25, 0.3) is 22.3 Å². The third-order valence-corrected chi connectivity index (χ3v) is 11.1. The fraction of sp³-hybridized carbons (Fsp3) is 0.295. The Bertz CT molecular complexity index is 2540. The number of benzene rings is 3. The molecule has 16 heteroatoms. The van der Waals surface area contributed by atoms with Crippen molar-refractivity contribution in [2.24, 2.45) is 0 Å². The second-order valence-corrected chi connectivity index (χ2v) is 15.1. The van der Waals surface area contributed by atoms with Gasteiger partial charge in [-0.2, -0.15) is 5.10 Å². The first-order valence-electron chi connectivity index (χ1n) is 20.0. The van der Waals surface area contributed by atoms with Crippen LogP contribution in [0.4, 0.5) is 11.5 Å². The van der Waals surface area contributed by atoms with E-state index < -0.39 is 29.7 Å². The summed E-state index contributed by atoms with van der Waals surface area (Å²) in [5.41, 5.74) is 9.43. The molecule has 0 aliphatic carbocycles. The van der Waals surface area contributed by atoms with Gasteiger partial charge in [0.15, 0.2) is 11.4 Å². The molecule has 8 rings (SSSR count). The topological polar surface area (TPSA) is 212 Å². The van der Waals surface area contributed by atoms with Crippen LogP contribution >= 0.6 is 0 Å². The first-order chi connectivity index (χ1) is 29.1. The summed E-state index contributed by atoms with van der Waals surface area (Å²) < 4.78 is 7.82. The number of nitrogens with two attached hydrogens (primary N) is 1. The minimum absolute atomic E-state index is 0.0186. The van der Waals surface area contributed by atoms with E-state index in [0.717, 1.165) is 29.1 Å². The maximum absolute atomic E-state index is 13.6. The first kappa shape index (κ1) is 39.6. The molecule has 0 radical (unpaired) electrons. The van der Waals surface area contributed by atoms with Gasteiger partial charge in [0.2, 0.25) is 17.7 Å². The number of nitrogens with zero attached hydrogens (tertiary/aromatic N) is 6. The number of likely N-dealkylation sites (tertiary alicyclic amines) is 1. The number of hydrogen-bond acceptors (Lipinski definition) is 12. The summed E-state index contributed by atoms with van der Waals surface area (Å²) in [4.78, 5) is 88.6. The number of amides is 5. The average molecular weight is 810 g/mol. The molecule has 306 valence electrons. The summed E-state index contributed by atoms with van der Waals surface area (Å²) in [5.74, 6) is -0.958. The number of hydrogen-bond donors (Lipinski definition) is 3. The molecule has 2 atom stereocenters. The Hall–Kier alpha value is -7.23. The monoisotopic (exact) mass is 809 g/mol. The van der Waals surface area contributed by atoms with Crippen LogP contribution in [-0.4, -0.2) is 90.5 Å². The van der Waals surface area contributed by atoms with Crippen LogP contribution in [0.3, 0.4) is 0 Å². The second-order valence-electron chi connectivity index (χ2n) is 15.1. The minimum atomic E-state index is -1.08. The molecule has 3 aromatic carbocycles. The fourth-order valence-corrected chi connectivity index (χ4v) is 8.03. The number of ketones is 1. The van der Waals surface area contributed by atoms with Crippen molar-refractivity contribution in [2.45, 2.75) is 63.5 Å². The van der Waals surface area contributed by atoms with Crippen LogP contribution in [0.1, 0.15) is 78.1 Å². The van der Waals surface area contributed by atoms with Crippen molar-refractivity contribution < 1.29 is 33.5 Å². The van der Waals surface area contributed by atoms with Gasteiger partial charge in [-0.05, 0) is 87.1 Å². The first-order valence-corrected chi connectivity index (χ1v) is 20.0. The lowest BCUT2D eigenvalue weighted by molar-refractivity contribution is -0.136. The summed E-state index contributed by atoms with van der Waals surface area (Å²) >= 11 is 0. The molecule has 1 unspecified atom stereocenters. The Labute approximate surface area is 344 Å². The van der Waals surface area contributed by atoms with Crippen molar-refractivity contribution in [2.75, 3.05) is 30.7 Å². The maximum Gasteiger partial charge on any atom is 0.264 e. The van der Waals surface area contributed by atoms with Gasteiger partial charge in [0, 0.05) is 42.8 Å². The minimum Gasteiger partial charge on any atom is -0.457 e. The van der Waals surface area contributed by atoms with E-state index in [1.807, 2.05) is 59.3 Å². The molecule has 0 bridgehead atoms. The third kappa shape index (κ3) is 7.95. The zero-order valence-electron chi connectivity index (χ0n) is 32.8. The molecular formula is C44H43N9O7. The Morgan fingerprint density at radius 3 is 2.45 bits per heavy atom. The maximum atomic E-state index is 13.6. The van der Waals surface area contributed by atoms with E-state index in [-0.39, 0.29) is 54.7 Å². The Kier molecular flexibility index (Phi) is 11.2. The number of nitrogens with one attached hydrogen (secondary N) is 2. The molecule has 5 heterocycles. The fourth-order valence-electron chi connectivity index (χ4n) is 8.03. The number of aromatic nitrogens is 4. The highest BCUT2D eigenvalue weighted by atomic mass is 16.5. The number of nitrogen functional groups attached to an aromatic ring is 1. The largest absolute Gasteiger partial charge is 0.457 e. The number of anilines is 2. The normalized spacial score (nSPS) is 17.7. The van der Waals surface area contributed by atoms with Gasteiger partial charge in [-0.25, -0.2) is 14.6 Å². The van der Waals surface area contributed by atoms with E-state index >= 15 is 0 Å². The number of rotatable bonds is 14. The van der Waals surface area contributed by atoms with Crippen molar-refractivity contribution in [3.05, 3.63) is 102 Å². The van der Waals surface area contributed by atoms with Crippen molar-refractivity contribution in [3.63, 3.8) is 0 Å². The van der Waals surface area contributed by atoms with E-state index in [1.54, 1.807) is 17.0 Å². The Balaban J connectivity index is 0.838. The summed E-state index contributed by atoms with van der Waals surface area (Å²) in [6, 6.07) is 20.5. The van der Waals surface area contributed by atoms with E-state index in [9.17, 15) is 28.8 Å². The molecule has 0 spiro atoms. The lowest BCUT2D eigenvalue weighted by Crippen LogP contribution is -2.54. The number of carbonyl (C=O) groups is 6. The summed E-state index contributed by atoms with van der Waals surface area (Å²) in [7, 11) is 0. The zero-order chi connectivity index (χ0) is 41.9. The number of ether oxygens (including phenoxy) is 1. The van der Waals surface area contributed by atoms with Gasteiger partial charge in [-0.1, -0.05) is 30.8 Å². The molecule has 3 aliphatic rings. The van der Waals surface area contributed by atoms with Gasteiger partial charge in [0.1, 0.15) is 35.4 Å². The Morgan fingerprint density at radius 1 is 0.900 bits per heavy atom. The number of Topliss-reactive ketones (excluding diaryl/α,β-unsaturated/α-hetero) is 1. The van der Waals surface area contributed by atoms with Gasteiger partial charge < -0.3 is 20.7 Å². The van der Waals surface area contributed by atoms with Crippen molar-refractivity contribution in [1.29, 1.82) is 0 Å². The number of carbonyl (C=O) groups excluding carboxylic acids is 6. The molecule has 2 saturated heterocycles. The van der Waals surface area contributed by atoms with E-state index in [2.05, 4.69) is 27.2 Å². The predicted molar refractivity (Wildman–Crippen MR) is 221 cm³/mol. The van der Waals surface area contributed by atoms with Gasteiger partial charge in [-0.3, -0.25) is 39.0 Å². The van der Waals surface area contributed by atoms with Crippen molar-refractivity contribution >= 4 is 57.9 Å². The Morgan fingerprint density at radius 2 is 1.67 bits per heavy atom. The van der Waals surface area contributed by atoms with Crippen molar-refractivity contribution in [3.8, 4) is 22.8 Å². The highest BCUT2D eigenvalue weighted by molar-refractivity contribution is 6.25. The molecule has 5 amide bonds. The lowest BCUT2D eigenvalue weighted by atomic mass is 10.0. The molecule has 4 N–H and O–H groups in total. The highest BCUT2D eigenvalue weighted by Crippen LogP contribution is 2.36. The average Bonchev–Trinajstić information content (AvgIpc) is 3.77. The van der Waals surface area contributed by atoms with Gasteiger partial charge in [-0.15, -0.1) is 0 Å². The van der Waals surface area contributed by atoms with Crippen molar-refractivity contribution in [1.82, 2.24) is 34.9 Å². The SMILES string of the molecule is C=C(CCCCC(=O)CNc1cccc2c1C(=O)N(C1CCC(=O)NC1=O)C2=O)C(=O)N1CCC[C@@H](n2nc(-c3ccc(Oc4ccccc4)cc3)c3c(N)ncnc32)C1. The molecule has 2 aromatic heterocycles. The van der Waals surface area contributed by atoms with Crippen LogP contribution in [0, 0.1) is 0 Å². The van der Waals surface area contributed by atoms with Gasteiger partial charge in [0.25, 0.3) is 11.8 Å². The van der Waals surface area contributed by atoms with E-state index in [4.69, 9.17) is 15.6 Å². The molecule has 16 nitrogen and oxygen atoms in total. The van der Waals surface area contributed by atoms with Crippen LogP contribution in [0.15, 0.2) is 91.3 Å². The predicted octanol–water partition coefficient (Wildman–Crippen LogP) is 5.23. The third-order valence-electron chi connectivity index (χ3n) is 11.1. The molecular weight excluding hydrogens is 767 g/mol. The van der Waals surface area contributed by atoms with Gasteiger partial charge in [0.05, 0.1) is 29.1 Å². The smallest absolute Gasteiger partial charge is 0.264 e. The zero-order valence-corrected chi connectivity index (χ0v) is 32.8. The number of unbranched alkanes of at least 4 members (excludes halogenated alkanes) is 1. The molecule has 2 fully saturated rings. The molecule has 0 saturated carbocycles. The summed E-state index contributed by atoms with van der Waals surface area (Å²) in [6.07, 6.45) is 4.76. The number of imide groups is 2. The summed E-state index contributed by atoms with van der Waals surface area (Å²) in [6.45, 7) is 4.99.